The number of unbranched alkanes of at least 4 members (excludes halogenated alkanes) is 2. The van der Waals surface area contributed by atoms with Crippen molar-refractivity contribution in [2.45, 2.75) is 58.3 Å². The summed E-state index contributed by atoms with van der Waals surface area (Å²) in [5.41, 5.74) is 0.629. The summed E-state index contributed by atoms with van der Waals surface area (Å²) in [4.78, 5) is 12.4. The number of nitriles is 1. The summed E-state index contributed by atoms with van der Waals surface area (Å²) in [7, 11) is 0. The van der Waals surface area contributed by atoms with Crippen molar-refractivity contribution in [3.63, 3.8) is 0 Å². The van der Waals surface area contributed by atoms with Gasteiger partial charge in [-0.1, -0.05) is 32.6 Å². The number of nitrogens with zero attached hydrogens (tertiary/aromatic N) is 1. The summed E-state index contributed by atoms with van der Waals surface area (Å²) in [5.74, 6) is 1.45. The van der Waals surface area contributed by atoms with Crippen molar-refractivity contribution in [1.29, 1.82) is 5.26 Å². The van der Waals surface area contributed by atoms with Crippen molar-refractivity contribution in [3.8, 4) is 11.8 Å². The van der Waals surface area contributed by atoms with Gasteiger partial charge >= 0.3 is 5.97 Å². The van der Waals surface area contributed by atoms with Crippen LogP contribution in [0.4, 0.5) is 0 Å². The highest BCUT2D eigenvalue weighted by molar-refractivity contribution is 5.82. The smallest absolute Gasteiger partial charge is 0.314 e. The first-order chi connectivity index (χ1) is 12.2. The van der Waals surface area contributed by atoms with Crippen molar-refractivity contribution >= 4 is 16.9 Å². The van der Waals surface area contributed by atoms with Crippen LogP contribution >= 0.6 is 0 Å². The van der Waals surface area contributed by atoms with Crippen LogP contribution in [-0.4, -0.2) is 5.97 Å². The maximum Gasteiger partial charge on any atom is 0.314 e. The molecule has 1 aromatic carbocycles. The number of hydrogen-bond donors (Lipinski definition) is 0. The molecule has 0 N–H and O–H groups in total. The van der Waals surface area contributed by atoms with Gasteiger partial charge < -0.3 is 9.15 Å². The molecule has 0 amide bonds. The molecule has 0 saturated heterocycles. The summed E-state index contributed by atoms with van der Waals surface area (Å²) < 4.78 is 10.9. The van der Waals surface area contributed by atoms with E-state index in [9.17, 15) is 4.79 Å². The summed E-state index contributed by atoms with van der Waals surface area (Å²) in [6.07, 6.45) is 9.32. The van der Waals surface area contributed by atoms with Crippen LogP contribution in [0.3, 0.4) is 0 Å². The molecule has 1 aliphatic rings. The molecule has 132 valence electrons. The maximum atomic E-state index is 12.4. The number of rotatable bonds is 6. The molecular formula is C21H25NO3. The van der Waals surface area contributed by atoms with E-state index in [0.717, 1.165) is 37.0 Å². The van der Waals surface area contributed by atoms with Crippen LogP contribution < -0.4 is 4.74 Å². The normalized spacial score (nSPS) is 20.3. The van der Waals surface area contributed by atoms with E-state index in [-0.39, 0.29) is 17.6 Å². The highest BCUT2D eigenvalue weighted by Gasteiger charge is 2.27. The maximum absolute atomic E-state index is 12.4. The Labute approximate surface area is 148 Å². The lowest BCUT2D eigenvalue weighted by atomic mass is 9.80. The minimum atomic E-state index is -0.129. The molecule has 0 atom stereocenters. The molecule has 1 fully saturated rings. The zero-order valence-corrected chi connectivity index (χ0v) is 14.8. The molecule has 3 rings (SSSR count). The molecule has 4 nitrogen and oxygen atoms in total. The molecule has 1 aromatic heterocycles. The van der Waals surface area contributed by atoms with Gasteiger partial charge in [-0.15, -0.1) is 0 Å². The molecular weight excluding hydrogens is 314 g/mol. The van der Waals surface area contributed by atoms with E-state index in [0.29, 0.717) is 11.3 Å². The van der Waals surface area contributed by atoms with E-state index < -0.39 is 0 Å². The second-order valence-corrected chi connectivity index (χ2v) is 7.06. The molecule has 1 aliphatic carbocycles. The lowest BCUT2D eigenvalue weighted by Gasteiger charge is -2.27. The first kappa shape index (κ1) is 17.5. The van der Waals surface area contributed by atoms with E-state index in [4.69, 9.17) is 14.4 Å². The lowest BCUT2D eigenvalue weighted by Crippen LogP contribution is -2.25. The molecule has 2 aromatic rings. The molecule has 0 radical (unpaired) electrons. The van der Waals surface area contributed by atoms with Gasteiger partial charge in [-0.25, -0.2) is 0 Å². The third-order valence-electron chi connectivity index (χ3n) is 5.21. The van der Waals surface area contributed by atoms with Gasteiger partial charge in [-0.2, -0.15) is 5.26 Å². The first-order valence-electron chi connectivity index (χ1n) is 9.35. The highest BCUT2D eigenvalue weighted by atomic mass is 16.5. The van der Waals surface area contributed by atoms with Crippen LogP contribution in [-0.2, 0) is 4.79 Å². The third-order valence-corrected chi connectivity index (χ3v) is 5.21. The Morgan fingerprint density at radius 1 is 1.24 bits per heavy atom. The zero-order valence-electron chi connectivity index (χ0n) is 14.8. The van der Waals surface area contributed by atoms with E-state index in [1.165, 1.54) is 25.7 Å². The van der Waals surface area contributed by atoms with Crippen LogP contribution in [0.5, 0.6) is 5.75 Å². The average molecular weight is 339 g/mol. The van der Waals surface area contributed by atoms with Crippen LogP contribution in [0.15, 0.2) is 28.7 Å². The molecule has 0 aliphatic heterocycles. The Bertz CT molecular complexity index is 763. The zero-order chi connectivity index (χ0) is 17.6. The summed E-state index contributed by atoms with van der Waals surface area (Å²) in [6.45, 7) is 2.23. The largest absolute Gasteiger partial charge is 0.446 e. The molecule has 0 bridgehead atoms. The fourth-order valence-electron chi connectivity index (χ4n) is 3.71. The first-order valence-corrected chi connectivity index (χ1v) is 9.35. The van der Waals surface area contributed by atoms with E-state index in [1.807, 2.05) is 6.07 Å². The van der Waals surface area contributed by atoms with Crippen LogP contribution in [0, 0.1) is 23.2 Å². The van der Waals surface area contributed by atoms with Gasteiger partial charge in [-0.05, 0) is 49.8 Å². The third kappa shape index (κ3) is 4.42. The topological polar surface area (TPSA) is 63.2 Å². The van der Waals surface area contributed by atoms with Crippen LogP contribution in [0.25, 0.3) is 11.0 Å². The molecule has 0 unspecified atom stereocenters. The van der Waals surface area contributed by atoms with E-state index in [1.54, 1.807) is 24.3 Å². The second kappa shape index (κ2) is 8.20. The molecule has 1 saturated carbocycles. The van der Waals surface area contributed by atoms with Crippen molar-refractivity contribution in [2.75, 3.05) is 0 Å². The van der Waals surface area contributed by atoms with Gasteiger partial charge in [0.05, 0.1) is 5.92 Å². The van der Waals surface area contributed by atoms with Crippen molar-refractivity contribution in [1.82, 2.24) is 0 Å². The Hall–Kier alpha value is -2.28. The minimum Gasteiger partial charge on any atom is -0.446 e. The van der Waals surface area contributed by atoms with E-state index in [2.05, 4.69) is 6.92 Å². The van der Waals surface area contributed by atoms with Crippen molar-refractivity contribution in [3.05, 3.63) is 30.0 Å². The van der Waals surface area contributed by atoms with Crippen LogP contribution in [0.1, 0.15) is 64.1 Å². The van der Waals surface area contributed by atoms with Gasteiger partial charge in [0.2, 0.25) is 5.76 Å². The van der Waals surface area contributed by atoms with E-state index >= 15 is 0 Å². The number of fused-ring (bicyclic) bond motifs is 1. The number of benzene rings is 1. The van der Waals surface area contributed by atoms with Crippen molar-refractivity contribution < 1.29 is 13.9 Å². The fourth-order valence-corrected chi connectivity index (χ4v) is 3.71. The summed E-state index contributed by atoms with van der Waals surface area (Å²) in [5, 5.41) is 9.66. The average Bonchev–Trinajstić information content (AvgIpc) is 3.05. The van der Waals surface area contributed by atoms with Gasteiger partial charge in [0.15, 0.2) is 0 Å². The summed E-state index contributed by atoms with van der Waals surface area (Å²) >= 11 is 0. The number of ether oxygens (including phenoxy) is 1. The predicted molar refractivity (Wildman–Crippen MR) is 96.2 cm³/mol. The Kier molecular flexibility index (Phi) is 5.75. The second-order valence-electron chi connectivity index (χ2n) is 7.06. The van der Waals surface area contributed by atoms with Crippen LogP contribution in [0.2, 0.25) is 0 Å². The highest BCUT2D eigenvalue weighted by Crippen LogP contribution is 2.33. The fraction of sp³-hybridized carbons (Fsp3) is 0.524. The number of furan rings is 1. The Morgan fingerprint density at radius 2 is 2.04 bits per heavy atom. The molecule has 1 heterocycles. The van der Waals surface area contributed by atoms with Gasteiger partial charge in [-0.3, -0.25) is 4.79 Å². The predicted octanol–water partition coefficient (Wildman–Crippen LogP) is 5.60. The van der Waals surface area contributed by atoms with Gasteiger partial charge in [0.1, 0.15) is 17.4 Å². The van der Waals surface area contributed by atoms with Crippen molar-refractivity contribution in [2.24, 2.45) is 11.8 Å². The van der Waals surface area contributed by atoms with Gasteiger partial charge in [0.25, 0.3) is 0 Å². The molecule has 25 heavy (non-hydrogen) atoms. The number of esters is 1. The SMILES string of the molecule is CCCCCC1CCC(C(=O)Oc2ccc3oc(C#N)cc3c2)CC1. The number of carbonyl (C=O) groups excluding carboxylic acids is 1. The monoisotopic (exact) mass is 339 g/mol. The molecule has 0 spiro atoms. The Morgan fingerprint density at radius 3 is 2.76 bits per heavy atom. The lowest BCUT2D eigenvalue weighted by molar-refractivity contribution is -0.140. The number of hydrogen-bond acceptors (Lipinski definition) is 4. The molecule has 4 heteroatoms. The van der Waals surface area contributed by atoms with Gasteiger partial charge in [0, 0.05) is 11.5 Å². The standard InChI is InChI=1S/C21H25NO3/c1-2-3-4-5-15-6-8-16(9-7-15)21(23)25-18-10-11-20-17(12-18)13-19(14-22)24-20/h10-13,15-16H,2-9H2,1H3. The Balaban J connectivity index is 1.53. The quantitative estimate of drug-likeness (QED) is 0.390. The number of carbonyl (C=O) groups is 1. The summed E-state index contributed by atoms with van der Waals surface area (Å²) in [6, 6.07) is 8.86. The minimum absolute atomic E-state index is 0.0112.